The van der Waals surface area contributed by atoms with Crippen molar-refractivity contribution < 1.29 is 4.42 Å². The van der Waals surface area contributed by atoms with Gasteiger partial charge in [-0.15, -0.1) is 0 Å². The molecule has 0 aliphatic carbocycles. The zero-order valence-corrected chi connectivity index (χ0v) is 21.4. The predicted molar refractivity (Wildman–Crippen MR) is 163 cm³/mol. The Kier molecular flexibility index (Phi) is 6.34. The number of furan rings is 1. The first-order valence-electron chi connectivity index (χ1n) is 12.9. The lowest BCUT2D eigenvalue weighted by Crippen LogP contribution is -1.86. The summed E-state index contributed by atoms with van der Waals surface area (Å²) in [7, 11) is 0. The van der Waals surface area contributed by atoms with Gasteiger partial charge in [-0.2, -0.15) is 0 Å². The molecule has 0 fully saturated rings. The number of benzene rings is 5. The minimum Gasteiger partial charge on any atom is -0.455 e. The first-order valence-corrected chi connectivity index (χ1v) is 12.9. The molecule has 0 amide bonds. The molecule has 1 heterocycles. The monoisotopic (exact) mass is 488 g/mol. The lowest BCUT2D eigenvalue weighted by atomic mass is 9.93. The van der Waals surface area contributed by atoms with Crippen molar-refractivity contribution in [2.45, 2.75) is 6.92 Å². The molecule has 5 aromatic carbocycles. The van der Waals surface area contributed by atoms with Crippen molar-refractivity contribution in [1.82, 2.24) is 0 Å². The van der Waals surface area contributed by atoms with E-state index in [1.165, 1.54) is 16.3 Å². The third kappa shape index (κ3) is 4.40. The topological polar surface area (TPSA) is 13.1 Å². The number of fused-ring (bicyclic) bond motifs is 2. The second kappa shape index (κ2) is 10.2. The highest BCUT2D eigenvalue weighted by atomic mass is 16.3. The van der Waals surface area contributed by atoms with Crippen LogP contribution < -0.4 is 0 Å². The van der Waals surface area contributed by atoms with Crippen molar-refractivity contribution in [3.63, 3.8) is 0 Å². The Morgan fingerprint density at radius 3 is 1.97 bits per heavy atom. The molecule has 1 aromatic heterocycles. The van der Waals surface area contributed by atoms with E-state index in [1.54, 1.807) is 0 Å². The Bertz CT molecular complexity index is 1830. The van der Waals surface area contributed by atoms with Crippen LogP contribution in [0, 0.1) is 0 Å². The van der Waals surface area contributed by atoms with Crippen LogP contribution in [-0.2, 0) is 0 Å². The van der Waals surface area contributed by atoms with Crippen LogP contribution in [0.2, 0.25) is 0 Å². The largest absolute Gasteiger partial charge is 0.455 e. The molecule has 1 nitrogen and oxygen atoms in total. The standard InChI is InChI=1S/C37H28O/c1-3-4-6-14-26(2)28-19-13-20-31(23-28)36-32-21-11-12-22-33(32)37(38-36)35-25-30-18-10-9-17-29(30)24-34(35)27-15-7-5-8-16-27/h3-25H,2H2,1H3/b4-3-,14-6-. The molecule has 6 rings (SSSR count). The average molecular weight is 489 g/mol. The molecule has 0 bridgehead atoms. The fourth-order valence-electron chi connectivity index (χ4n) is 5.03. The van der Waals surface area contributed by atoms with Gasteiger partial charge in [0.2, 0.25) is 0 Å². The number of hydrogen-bond acceptors (Lipinski definition) is 1. The molecule has 0 aliphatic heterocycles. The Labute approximate surface area is 223 Å². The van der Waals surface area contributed by atoms with Crippen LogP contribution in [0.5, 0.6) is 0 Å². The van der Waals surface area contributed by atoms with E-state index in [4.69, 9.17) is 4.42 Å². The highest BCUT2D eigenvalue weighted by Crippen LogP contribution is 2.44. The van der Waals surface area contributed by atoms with Gasteiger partial charge in [-0.05, 0) is 58.2 Å². The number of allylic oxidation sites excluding steroid dienone is 5. The zero-order chi connectivity index (χ0) is 25.9. The van der Waals surface area contributed by atoms with Gasteiger partial charge < -0.3 is 4.42 Å². The van der Waals surface area contributed by atoms with Gasteiger partial charge in [0.25, 0.3) is 0 Å². The SMILES string of the molecule is C=C(/C=C\C=C/C)c1cccc(-c2oc(-c3cc4ccccc4cc3-c3ccccc3)c3ccccc23)c1. The Morgan fingerprint density at radius 1 is 0.605 bits per heavy atom. The Balaban J connectivity index is 1.56. The second-order valence-electron chi connectivity index (χ2n) is 9.41. The van der Waals surface area contributed by atoms with Crippen molar-refractivity contribution in [3.05, 3.63) is 152 Å². The van der Waals surface area contributed by atoms with Gasteiger partial charge >= 0.3 is 0 Å². The summed E-state index contributed by atoms with van der Waals surface area (Å²) < 4.78 is 6.82. The molecule has 0 radical (unpaired) electrons. The van der Waals surface area contributed by atoms with Crippen LogP contribution >= 0.6 is 0 Å². The maximum absolute atomic E-state index is 6.82. The minimum absolute atomic E-state index is 0.870. The summed E-state index contributed by atoms with van der Waals surface area (Å²) in [6.45, 7) is 6.28. The number of hydrogen-bond donors (Lipinski definition) is 0. The zero-order valence-electron chi connectivity index (χ0n) is 21.4. The van der Waals surface area contributed by atoms with E-state index in [1.807, 2.05) is 31.2 Å². The molecule has 38 heavy (non-hydrogen) atoms. The van der Waals surface area contributed by atoms with Gasteiger partial charge in [-0.25, -0.2) is 0 Å². The maximum atomic E-state index is 6.82. The first kappa shape index (κ1) is 23.5. The summed E-state index contributed by atoms with van der Waals surface area (Å²) in [4.78, 5) is 0. The molecule has 0 spiro atoms. The molecule has 6 aromatic rings. The highest BCUT2D eigenvalue weighted by Gasteiger charge is 2.20. The summed E-state index contributed by atoms with van der Waals surface area (Å²) in [5, 5.41) is 4.60. The van der Waals surface area contributed by atoms with E-state index >= 15 is 0 Å². The van der Waals surface area contributed by atoms with Crippen LogP contribution in [0.15, 0.2) is 151 Å². The molecule has 0 saturated heterocycles. The second-order valence-corrected chi connectivity index (χ2v) is 9.41. The highest BCUT2D eigenvalue weighted by molar-refractivity contribution is 6.07. The van der Waals surface area contributed by atoms with Crippen LogP contribution in [0.4, 0.5) is 0 Å². The van der Waals surface area contributed by atoms with Crippen LogP contribution in [0.1, 0.15) is 12.5 Å². The molecule has 0 unspecified atom stereocenters. The smallest absolute Gasteiger partial charge is 0.143 e. The maximum Gasteiger partial charge on any atom is 0.143 e. The van der Waals surface area contributed by atoms with E-state index in [9.17, 15) is 0 Å². The molecule has 0 atom stereocenters. The molecule has 0 saturated carbocycles. The van der Waals surface area contributed by atoms with Crippen molar-refractivity contribution in [1.29, 1.82) is 0 Å². The van der Waals surface area contributed by atoms with Crippen molar-refractivity contribution >= 4 is 27.1 Å². The molecular formula is C37H28O. The van der Waals surface area contributed by atoms with Gasteiger partial charge in [0.05, 0.1) is 0 Å². The normalized spacial score (nSPS) is 11.7. The summed E-state index contributed by atoms with van der Waals surface area (Å²) in [6.07, 6.45) is 8.06. The van der Waals surface area contributed by atoms with Crippen LogP contribution in [-0.4, -0.2) is 0 Å². The summed E-state index contributed by atoms with van der Waals surface area (Å²) >= 11 is 0. The van der Waals surface area contributed by atoms with E-state index in [-0.39, 0.29) is 0 Å². The third-order valence-corrected chi connectivity index (χ3v) is 6.93. The molecule has 182 valence electrons. The summed E-state index contributed by atoms with van der Waals surface area (Å²) in [5.41, 5.74) is 6.48. The fraction of sp³-hybridized carbons (Fsp3) is 0.0270. The minimum atomic E-state index is 0.870. The predicted octanol–water partition coefficient (Wildman–Crippen LogP) is 10.7. The van der Waals surface area contributed by atoms with Gasteiger partial charge in [-0.1, -0.05) is 128 Å². The third-order valence-electron chi connectivity index (χ3n) is 6.93. The van der Waals surface area contributed by atoms with Gasteiger partial charge in [0.1, 0.15) is 11.5 Å². The van der Waals surface area contributed by atoms with Crippen molar-refractivity contribution in [2.24, 2.45) is 0 Å². The van der Waals surface area contributed by atoms with Crippen LogP contribution in [0.3, 0.4) is 0 Å². The molecule has 1 heteroatoms. The molecular weight excluding hydrogens is 460 g/mol. The lowest BCUT2D eigenvalue weighted by molar-refractivity contribution is 0.602. The van der Waals surface area contributed by atoms with Crippen LogP contribution in [0.25, 0.3) is 60.9 Å². The van der Waals surface area contributed by atoms with Crippen molar-refractivity contribution in [2.75, 3.05) is 0 Å². The Hall–Kier alpha value is -4.88. The summed E-state index contributed by atoms with van der Waals surface area (Å²) in [6, 6.07) is 40.5. The van der Waals surface area contributed by atoms with E-state index < -0.39 is 0 Å². The van der Waals surface area contributed by atoms with Crippen molar-refractivity contribution in [3.8, 4) is 33.8 Å². The van der Waals surface area contributed by atoms with Gasteiger partial charge in [0.15, 0.2) is 0 Å². The Morgan fingerprint density at radius 2 is 1.24 bits per heavy atom. The summed E-state index contributed by atoms with van der Waals surface area (Å²) in [5.74, 6) is 1.76. The van der Waals surface area contributed by atoms with E-state index in [2.05, 4.69) is 122 Å². The van der Waals surface area contributed by atoms with Gasteiger partial charge in [-0.3, -0.25) is 0 Å². The molecule has 0 N–H and O–H groups in total. The first-order chi connectivity index (χ1) is 18.7. The van der Waals surface area contributed by atoms with Gasteiger partial charge in [0, 0.05) is 21.9 Å². The number of rotatable bonds is 6. The van der Waals surface area contributed by atoms with E-state index in [0.717, 1.165) is 50.1 Å². The van der Waals surface area contributed by atoms with E-state index in [0.29, 0.717) is 0 Å². The molecule has 0 aliphatic rings. The fourth-order valence-corrected chi connectivity index (χ4v) is 5.03. The average Bonchev–Trinajstić information content (AvgIpc) is 3.37. The lowest BCUT2D eigenvalue weighted by Gasteiger charge is -2.11. The quantitative estimate of drug-likeness (QED) is 0.213.